The van der Waals surface area contributed by atoms with Gasteiger partial charge in [0.25, 0.3) is 0 Å². The summed E-state index contributed by atoms with van der Waals surface area (Å²) in [5, 5.41) is 3.31. The highest BCUT2D eigenvalue weighted by Gasteiger charge is 2.15. The molecular weight excluding hydrogens is 238 g/mol. The molecule has 1 N–H and O–H groups in total. The second-order valence-electron chi connectivity index (χ2n) is 5.36. The van der Waals surface area contributed by atoms with Crippen molar-refractivity contribution in [1.82, 2.24) is 5.32 Å². The molecule has 108 valence electrons. The van der Waals surface area contributed by atoms with E-state index in [1.54, 1.807) is 7.11 Å². The van der Waals surface area contributed by atoms with Crippen molar-refractivity contribution in [2.24, 2.45) is 0 Å². The molecule has 0 atom stereocenters. The average Bonchev–Trinajstić information content (AvgIpc) is 2.42. The van der Waals surface area contributed by atoms with Gasteiger partial charge in [-0.3, -0.25) is 0 Å². The highest BCUT2D eigenvalue weighted by Crippen LogP contribution is 2.13. The summed E-state index contributed by atoms with van der Waals surface area (Å²) >= 11 is 0. The van der Waals surface area contributed by atoms with Gasteiger partial charge in [0.05, 0.1) is 12.2 Å². The molecular formula is C16H27NO2. The van der Waals surface area contributed by atoms with Crippen molar-refractivity contribution >= 4 is 0 Å². The lowest BCUT2D eigenvalue weighted by Gasteiger charge is -2.22. The lowest BCUT2D eigenvalue weighted by Crippen LogP contribution is -2.24. The molecule has 1 aromatic carbocycles. The van der Waals surface area contributed by atoms with Gasteiger partial charge in [0.15, 0.2) is 0 Å². The molecule has 0 saturated heterocycles. The van der Waals surface area contributed by atoms with Gasteiger partial charge in [-0.1, -0.05) is 31.2 Å². The Kier molecular flexibility index (Phi) is 7.06. The largest absolute Gasteiger partial charge is 0.379 e. The molecule has 0 fully saturated rings. The normalized spacial score (nSPS) is 11.8. The molecule has 0 aliphatic rings. The first-order valence-electron chi connectivity index (χ1n) is 6.99. The molecule has 19 heavy (non-hydrogen) atoms. The van der Waals surface area contributed by atoms with Crippen LogP contribution in [0.3, 0.4) is 0 Å². The van der Waals surface area contributed by atoms with E-state index in [0.29, 0.717) is 6.61 Å². The number of ether oxygens (including phenoxy) is 2. The van der Waals surface area contributed by atoms with Gasteiger partial charge >= 0.3 is 0 Å². The van der Waals surface area contributed by atoms with Crippen LogP contribution >= 0.6 is 0 Å². The van der Waals surface area contributed by atoms with Gasteiger partial charge in [0.1, 0.15) is 0 Å². The first kappa shape index (κ1) is 16.2. The Morgan fingerprint density at radius 2 is 1.74 bits per heavy atom. The summed E-state index contributed by atoms with van der Waals surface area (Å²) < 4.78 is 11.0. The Labute approximate surface area is 117 Å². The molecule has 1 rings (SSSR count). The summed E-state index contributed by atoms with van der Waals surface area (Å²) in [5.74, 6) is 0. The number of rotatable bonds is 9. The SMILES string of the molecule is CCNCc1ccc(COCCC(C)(C)OC)cc1. The number of nitrogens with one attached hydrogen (secondary N) is 1. The number of methoxy groups -OCH3 is 1. The van der Waals surface area contributed by atoms with Crippen LogP contribution in [0.25, 0.3) is 0 Å². The predicted molar refractivity (Wildman–Crippen MR) is 79.2 cm³/mol. The highest BCUT2D eigenvalue weighted by molar-refractivity contribution is 5.21. The molecule has 0 aromatic heterocycles. The Morgan fingerprint density at radius 1 is 1.11 bits per heavy atom. The quantitative estimate of drug-likeness (QED) is 0.696. The van der Waals surface area contributed by atoms with Crippen LogP contribution < -0.4 is 5.32 Å². The lowest BCUT2D eigenvalue weighted by molar-refractivity contribution is -0.0124. The molecule has 3 nitrogen and oxygen atoms in total. The van der Waals surface area contributed by atoms with E-state index in [9.17, 15) is 0 Å². The van der Waals surface area contributed by atoms with Gasteiger partial charge < -0.3 is 14.8 Å². The van der Waals surface area contributed by atoms with Gasteiger partial charge in [0.2, 0.25) is 0 Å². The van der Waals surface area contributed by atoms with Crippen molar-refractivity contribution in [3.63, 3.8) is 0 Å². The summed E-state index contributed by atoms with van der Waals surface area (Å²) in [6.07, 6.45) is 0.905. The fourth-order valence-electron chi connectivity index (χ4n) is 1.63. The molecule has 0 unspecified atom stereocenters. The van der Waals surface area contributed by atoms with E-state index in [1.165, 1.54) is 11.1 Å². The van der Waals surface area contributed by atoms with Gasteiger partial charge in [0, 0.05) is 20.3 Å². The third-order valence-electron chi connectivity index (χ3n) is 3.27. The van der Waals surface area contributed by atoms with Crippen LogP contribution in [-0.2, 0) is 22.6 Å². The zero-order valence-electron chi connectivity index (χ0n) is 12.7. The third-order valence-corrected chi connectivity index (χ3v) is 3.27. The van der Waals surface area contributed by atoms with Crippen molar-refractivity contribution in [2.45, 2.75) is 45.9 Å². The fourth-order valence-corrected chi connectivity index (χ4v) is 1.63. The van der Waals surface area contributed by atoms with E-state index >= 15 is 0 Å². The van der Waals surface area contributed by atoms with Gasteiger partial charge in [-0.15, -0.1) is 0 Å². The van der Waals surface area contributed by atoms with Crippen LogP contribution in [-0.4, -0.2) is 25.9 Å². The third kappa shape index (κ3) is 6.71. The summed E-state index contributed by atoms with van der Waals surface area (Å²) in [6, 6.07) is 8.57. The van der Waals surface area contributed by atoms with Crippen LogP contribution in [0.15, 0.2) is 24.3 Å². The van der Waals surface area contributed by atoms with Crippen LogP contribution in [0.2, 0.25) is 0 Å². The molecule has 0 aliphatic carbocycles. The molecule has 0 spiro atoms. The molecule has 3 heteroatoms. The van der Waals surface area contributed by atoms with Crippen LogP contribution in [0, 0.1) is 0 Å². The van der Waals surface area contributed by atoms with Crippen molar-refractivity contribution in [3.8, 4) is 0 Å². The highest BCUT2D eigenvalue weighted by atomic mass is 16.5. The first-order chi connectivity index (χ1) is 9.07. The molecule has 0 radical (unpaired) electrons. The molecule has 0 bridgehead atoms. The van der Waals surface area contributed by atoms with Crippen LogP contribution in [0.5, 0.6) is 0 Å². The minimum absolute atomic E-state index is 0.102. The molecule has 0 saturated carbocycles. The Balaban J connectivity index is 2.26. The molecule has 1 aromatic rings. The van der Waals surface area contributed by atoms with E-state index in [1.807, 2.05) is 0 Å². The van der Waals surface area contributed by atoms with E-state index in [-0.39, 0.29) is 5.60 Å². The molecule has 0 aliphatic heterocycles. The maximum atomic E-state index is 5.68. The second-order valence-corrected chi connectivity index (χ2v) is 5.36. The Hall–Kier alpha value is -0.900. The second kappa shape index (κ2) is 8.31. The molecule has 0 heterocycles. The topological polar surface area (TPSA) is 30.5 Å². The van der Waals surface area contributed by atoms with Gasteiger partial charge in [-0.25, -0.2) is 0 Å². The Morgan fingerprint density at radius 3 is 2.32 bits per heavy atom. The predicted octanol–water partition coefficient (Wildman–Crippen LogP) is 3.13. The number of hydrogen-bond acceptors (Lipinski definition) is 3. The van der Waals surface area contributed by atoms with Crippen molar-refractivity contribution in [2.75, 3.05) is 20.3 Å². The van der Waals surface area contributed by atoms with Crippen molar-refractivity contribution < 1.29 is 9.47 Å². The minimum Gasteiger partial charge on any atom is -0.379 e. The zero-order chi connectivity index (χ0) is 14.1. The monoisotopic (exact) mass is 265 g/mol. The van der Waals surface area contributed by atoms with Gasteiger partial charge in [-0.2, -0.15) is 0 Å². The van der Waals surface area contributed by atoms with E-state index in [4.69, 9.17) is 9.47 Å². The first-order valence-corrected chi connectivity index (χ1v) is 6.99. The fraction of sp³-hybridized carbons (Fsp3) is 0.625. The van der Waals surface area contributed by atoms with E-state index < -0.39 is 0 Å². The van der Waals surface area contributed by atoms with Crippen molar-refractivity contribution in [1.29, 1.82) is 0 Å². The maximum Gasteiger partial charge on any atom is 0.0716 e. The van der Waals surface area contributed by atoms with Crippen LogP contribution in [0.4, 0.5) is 0 Å². The minimum atomic E-state index is -0.102. The molecule has 0 amide bonds. The lowest BCUT2D eigenvalue weighted by atomic mass is 10.1. The summed E-state index contributed by atoms with van der Waals surface area (Å²) in [6.45, 7) is 9.59. The maximum absolute atomic E-state index is 5.68. The van der Waals surface area contributed by atoms with Crippen molar-refractivity contribution in [3.05, 3.63) is 35.4 Å². The van der Waals surface area contributed by atoms with Crippen LogP contribution in [0.1, 0.15) is 38.3 Å². The van der Waals surface area contributed by atoms with Gasteiger partial charge in [-0.05, 0) is 37.9 Å². The van der Waals surface area contributed by atoms with E-state index in [0.717, 1.165) is 26.1 Å². The number of benzene rings is 1. The smallest absolute Gasteiger partial charge is 0.0716 e. The summed E-state index contributed by atoms with van der Waals surface area (Å²) in [7, 11) is 1.74. The summed E-state index contributed by atoms with van der Waals surface area (Å²) in [5.41, 5.74) is 2.43. The van der Waals surface area contributed by atoms with E-state index in [2.05, 4.69) is 50.4 Å². The standard InChI is InChI=1S/C16H27NO2/c1-5-17-12-14-6-8-15(9-7-14)13-19-11-10-16(2,3)18-4/h6-9,17H,5,10-13H2,1-4H3. The summed E-state index contributed by atoms with van der Waals surface area (Å²) in [4.78, 5) is 0. The Bertz CT molecular complexity index is 346. The number of hydrogen-bond donors (Lipinski definition) is 1. The average molecular weight is 265 g/mol. The zero-order valence-corrected chi connectivity index (χ0v) is 12.7.